The minimum atomic E-state index is -1.89. The molecule has 0 spiro atoms. The third kappa shape index (κ3) is 3.48. The van der Waals surface area contributed by atoms with Gasteiger partial charge in [-0.2, -0.15) is 5.10 Å². The Morgan fingerprint density at radius 1 is 0.846 bits per heavy atom. The van der Waals surface area contributed by atoms with Gasteiger partial charge in [-0.3, -0.25) is 4.79 Å². The van der Waals surface area contributed by atoms with Crippen molar-refractivity contribution in [3.05, 3.63) is 102 Å². The zero-order chi connectivity index (χ0) is 18.4. The highest BCUT2D eigenvalue weighted by atomic mass is 16.3. The highest BCUT2D eigenvalue weighted by Gasteiger charge is 2.39. The maximum absolute atomic E-state index is 12.8. The van der Waals surface area contributed by atoms with Crippen LogP contribution >= 0.6 is 0 Å². The van der Waals surface area contributed by atoms with Crippen molar-refractivity contribution in [3.8, 4) is 5.75 Å². The van der Waals surface area contributed by atoms with Crippen LogP contribution in [0.4, 0.5) is 0 Å². The number of aromatic hydroxyl groups is 1. The van der Waals surface area contributed by atoms with Gasteiger partial charge in [0.1, 0.15) is 5.75 Å². The number of phenols is 1. The first-order chi connectivity index (χ1) is 12.6. The summed E-state index contributed by atoms with van der Waals surface area (Å²) in [7, 11) is 0. The number of benzene rings is 3. The number of amides is 1. The van der Waals surface area contributed by atoms with Gasteiger partial charge in [0.05, 0.1) is 6.21 Å². The second kappa shape index (κ2) is 7.63. The minimum Gasteiger partial charge on any atom is -0.507 e. The molecule has 0 saturated carbocycles. The van der Waals surface area contributed by atoms with Gasteiger partial charge >= 0.3 is 0 Å². The Kier molecular flexibility index (Phi) is 5.10. The number of carbonyl (C=O) groups is 1. The maximum Gasteiger partial charge on any atom is 0.281 e. The first-order valence-electron chi connectivity index (χ1n) is 8.07. The van der Waals surface area contributed by atoms with Gasteiger partial charge in [-0.25, -0.2) is 5.43 Å². The van der Waals surface area contributed by atoms with Crippen LogP contribution < -0.4 is 5.43 Å². The maximum atomic E-state index is 12.8. The molecule has 0 aliphatic rings. The minimum absolute atomic E-state index is 0.0480. The number of nitrogens with one attached hydrogen (secondary N) is 1. The molecule has 3 aromatic rings. The average molecular weight is 346 g/mol. The molecule has 3 N–H and O–H groups in total. The molecule has 3 rings (SSSR count). The molecule has 3 aromatic carbocycles. The van der Waals surface area contributed by atoms with Crippen LogP contribution in [0.15, 0.2) is 90.0 Å². The summed E-state index contributed by atoms with van der Waals surface area (Å²) in [5.74, 6) is -0.645. The summed E-state index contributed by atoms with van der Waals surface area (Å²) in [5.41, 5.74) is 1.79. The van der Waals surface area contributed by atoms with Crippen LogP contribution in [0.3, 0.4) is 0 Å². The third-order valence-electron chi connectivity index (χ3n) is 4.02. The van der Waals surface area contributed by atoms with Gasteiger partial charge < -0.3 is 10.2 Å². The van der Waals surface area contributed by atoms with Gasteiger partial charge in [0, 0.05) is 5.56 Å². The van der Waals surface area contributed by atoms with Gasteiger partial charge in [0.15, 0.2) is 5.60 Å². The van der Waals surface area contributed by atoms with Gasteiger partial charge in [0.25, 0.3) is 5.91 Å². The molecule has 0 aliphatic heterocycles. The highest BCUT2D eigenvalue weighted by Crippen LogP contribution is 2.29. The molecule has 130 valence electrons. The molecule has 0 aromatic heterocycles. The number of phenolic OH excluding ortho intramolecular Hbond substituents is 1. The molecule has 0 aliphatic carbocycles. The predicted octanol–water partition coefficient (Wildman–Crippen LogP) is 2.78. The number of aliphatic hydroxyl groups is 1. The van der Waals surface area contributed by atoms with E-state index in [9.17, 15) is 15.0 Å². The summed E-state index contributed by atoms with van der Waals surface area (Å²) in [5, 5.41) is 24.9. The molecule has 5 nitrogen and oxygen atoms in total. The van der Waals surface area contributed by atoms with Crippen molar-refractivity contribution < 1.29 is 15.0 Å². The summed E-state index contributed by atoms with van der Waals surface area (Å²) in [6.07, 6.45) is 1.32. The number of carbonyl (C=O) groups excluding carboxylic acids is 1. The van der Waals surface area contributed by atoms with E-state index in [2.05, 4.69) is 10.5 Å². The molecule has 0 bridgehead atoms. The Bertz CT molecular complexity index is 869. The second-order valence-electron chi connectivity index (χ2n) is 5.70. The van der Waals surface area contributed by atoms with E-state index >= 15 is 0 Å². The van der Waals surface area contributed by atoms with E-state index in [1.54, 1.807) is 66.7 Å². The lowest BCUT2D eigenvalue weighted by molar-refractivity contribution is -0.136. The summed E-state index contributed by atoms with van der Waals surface area (Å²) in [6, 6.07) is 24.0. The summed E-state index contributed by atoms with van der Waals surface area (Å²) < 4.78 is 0. The molecule has 0 heterocycles. The highest BCUT2D eigenvalue weighted by molar-refractivity contribution is 5.91. The third-order valence-corrected chi connectivity index (χ3v) is 4.02. The SMILES string of the molecule is O=C(N/N=C\c1ccccc1O)C(O)(c1ccccc1)c1ccccc1. The second-order valence-corrected chi connectivity index (χ2v) is 5.70. The van der Waals surface area contributed by atoms with Crippen molar-refractivity contribution in [2.24, 2.45) is 5.10 Å². The molecule has 0 atom stereocenters. The number of hydrazone groups is 1. The zero-order valence-electron chi connectivity index (χ0n) is 13.9. The zero-order valence-corrected chi connectivity index (χ0v) is 13.9. The van der Waals surface area contributed by atoms with Gasteiger partial charge in [-0.05, 0) is 23.3 Å². The van der Waals surface area contributed by atoms with E-state index in [4.69, 9.17) is 0 Å². The van der Waals surface area contributed by atoms with E-state index in [0.717, 1.165) is 0 Å². The van der Waals surface area contributed by atoms with E-state index in [1.807, 2.05) is 12.1 Å². The fourth-order valence-corrected chi connectivity index (χ4v) is 2.63. The van der Waals surface area contributed by atoms with Crippen LogP contribution in [0.25, 0.3) is 0 Å². The topological polar surface area (TPSA) is 81.9 Å². The number of rotatable bonds is 5. The van der Waals surface area contributed by atoms with E-state index < -0.39 is 11.5 Å². The van der Waals surface area contributed by atoms with E-state index in [1.165, 1.54) is 12.3 Å². The molecular weight excluding hydrogens is 328 g/mol. The number of hydrogen-bond donors (Lipinski definition) is 3. The lowest BCUT2D eigenvalue weighted by Crippen LogP contribution is -2.43. The quantitative estimate of drug-likeness (QED) is 0.491. The fourth-order valence-electron chi connectivity index (χ4n) is 2.63. The predicted molar refractivity (Wildman–Crippen MR) is 99.7 cm³/mol. The fraction of sp³-hybridized carbons (Fsp3) is 0.0476. The van der Waals surface area contributed by atoms with Crippen molar-refractivity contribution in [3.63, 3.8) is 0 Å². The largest absolute Gasteiger partial charge is 0.507 e. The number of hydrogen-bond acceptors (Lipinski definition) is 4. The van der Waals surface area contributed by atoms with Gasteiger partial charge in [-0.15, -0.1) is 0 Å². The number of nitrogens with zero attached hydrogens (tertiary/aromatic N) is 1. The first kappa shape index (κ1) is 17.4. The summed E-state index contributed by atoms with van der Waals surface area (Å²) in [4.78, 5) is 12.8. The lowest BCUT2D eigenvalue weighted by atomic mass is 9.85. The molecular formula is C21H18N2O3. The van der Waals surface area contributed by atoms with Crippen molar-refractivity contribution in [1.29, 1.82) is 0 Å². The monoisotopic (exact) mass is 346 g/mol. The van der Waals surface area contributed by atoms with Crippen LogP contribution in [0.1, 0.15) is 16.7 Å². The molecule has 1 amide bonds. The normalized spacial score (nSPS) is 11.4. The van der Waals surface area contributed by atoms with Crippen molar-refractivity contribution in [2.75, 3.05) is 0 Å². The van der Waals surface area contributed by atoms with Crippen LogP contribution in [-0.4, -0.2) is 22.3 Å². The Balaban J connectivity index is 1.90. The Labute approximate surface area is 151 Å². The Morgan fingerprint density at radius 3 is 1.88 bits per heavy atom. The summed E-state index contributed by atoms with van der Waals surface area (Å²) >= 11 is 0. The molecule has 5 heteroatoms. The van der Waals surface area contributed by atoms with Crippen LogP contribution in [0.2, 0.25) is 0 Å². The lowest BCUT2D eigenvalue weighted by Gasteiger charge is -2.27. The van der Waals surface area contributed by atoms with Gasteiger partial charge in [-0.1, -0.05) is 72.8 Å². The summed E-state index contributed by atoms with van der Waals surface area (Å²) in [6.45, 7) is 0. The van der Waals surface area contributed by atoms with Crippen LogP contribution in [0.5, 0.6) is 5.75 Å². The van der Waals surface area contributed by atoms with Crippen molar-refractivity contribution in [2.45, 2.75) is 5.60 Å². The van der Waals surface area contributed by atoms with E-state index in [-0.39, 0.29) is 5.75 Å². The van der Waals surface area contributed by atoms with Gasteiger partial charge in [0.2, 0.25) is 0 Å². The average Bonchev–Trinajstić information content (AvgIpc) is 2.70. The molecule has 0 unspecified atom stereocenters. The van der Waals surface area contributed by atoms with Crippen LogP contribution in [-0.2, 0) is 10.4 Å². The molecule has 0 radical (unpaired) electrons. The van der Waals surface area contributed by atoms with E-state index in [0.29, 0.717) is 16.7 Å². The number of para-hydroxylation sites is 1. The standard InChI is InChI=1S/C21H18N2O3/c24-19-14-8-7-9-16(19)15-22-23-20(25)21(26,17-10-3-1-4-11-17)18-12-5-2-6-13-18/h1-15,24,26H,(H,23,25)/b22-15-. The smallest absolute Gasteiger partial charge is 0.281 e. The van der Waals surface area contributed by atoms with Crippen LogP contribution in [0, 0.1) is 0 Å². The Hall–Kier alpha value is -3.44. The van der Waals surface area contributed by atoms with Crippen molar-refractivity contribution >= 4 is 12.1 Å². The first-order valence-corrected chi connectivity index (χ1v) is 8.07. The molecule has 0 saturated heterocycles. The molecule has 0 fully saturated rings. The van der Waals surface area contributed by atoms with Crippen molar-refractivity contribution in [1.82, 2.24) is 5.43 Å². The molecule has 26 heavy (non-hydrogen) atoms. The Morgan fingerprint density at radius 2 is 1.35 bits per heavy atom.